The molecule has 0 aliphatic heterocycles. The number of halogens is 3. The summed E-state index contributed by atoms with van der Waals surface area (Å²) < 4.78 is 41.8. The SMILES string of the molecule is CCCCCCCC[C@H]1CC[C@H](c2ccc(C(F)C(F)(F)CCC)cc2)CC1. The molecule has 0 N–H and O–H groups in total. The molecule has 0 saturated heterocycles. The van der Waals surface area contributed by atoms with Crippen LogP contribution in [-0.4, -0.2) is 5.92 Å². The summed E-state index contributed by atoms with van der Waals surface area (Å²) in [5.41, 5.74) is 1.30. The van der Waals surface area contributed by atoms with Crippen LogP contribution in [0.25, 0.3) is 0 Å². The minimum atomic E-state index is -3.27. The van der Waals surface area contributed by atoms with Crippen molar-refractivity contribution in [3.63, 3.8) is 0 Å². The van der Waals surface area contributed by atoms with Gasteiger partial charge in [-0.05, 0) is 48.6 Å². The Morgan fingerprint density at radius 2 is 1.46 bits per heavy atom. The Labute approximate surface area is 170 Å². The van der Waals surface area contributed by atoms with Crippen molar-refractivity contribution in [2.75, 3.05) is 0 Å². The molecule has 1 aromatic carbocycles. The minimum Gasteiger partial charge on any atom is -0.236 e. The van der Waals surface area contributed by atoms with Crippen LogP contribution in [0.2, 0.25) is 0 Å². The number of rotatable bonds is 12. The Bertz CT molecular complexity index is 529. The third kappa shape index (κ3) is 7.12. The second-order valence-corrected chi connectivity index (χ2v) is 8.81. The standard InChI is InChI=1S/C25H39F3/c1-3-5-6-7-8-9-10-20-11-13-21(14-12-20)22-15-17-23(18-16-22)24(26)25(27,28)19-4-2/h15-18,20-21,24H,3-14,19H2,1-2H3/t20-,21-,24?. The van der Waals surface area contributed by atoms with Gasteiger partial charge in [0.25, 0.3) is 5.92 Å². The van der Waals surface area contributed by atoms with Gasteiger partial charge in [-0.3, -0.25) is 0 Å². The summed E-state index contributed by atoms with van der Waals surface area (Å²) in [7, 11) is 0. The maximum absolute atomic E-state index is 14.2. The molecule has 0 nitrogen and oxygen atoms in total. The van der Waals surface area contributed by atoms with E-state index in [1.165, 1.54) is 76.2 Å². The van der Waals surface area contributed by atoms with Crippen molar-refractivity contribution in [3.8, 4) is 0 Å². The molecule has 1 fully saturated rings. The molecule has 2 rings (SSSR count). The van der Waals surface area contributed by atoms with Gasteiger partial charge in [0.15, 0.2) is 6.17 Å². The summed E-state index contributed by atoms with van der Waals surface area (Å²) >= 11 is 0. The molecular weight excluding hydrogens is 357 g/mol. The van der Waals surface area contributed by atoms with E-state index in [2.05, 4.69) is 6.92 Å². The highest BCUT2D eigenvalue weighted by Crippen LogP contribution is 2.41. The van der Waals surface area contributed by atoms with Crippen molar-refractivity contribution in [2.24, 2.45) is 5.92 Å². The molecule has 3 heteroatoms. The van der Waals surface area contributed by atoms with Crippen molar-refractivity contribution in [2.45, 2.75) is 115 Å². The van der Waals surface area contributed by atoms with Crippen molar-refractivity contribution >= 4 is 0 Å². The Hall–Kier alpha value is -0.990. The monoisotopic (exact) mass is 396 g/mol. The number of alkyl halides is 3. The van der Waals surface area contributed by atoms with Crippen molar-refractivity contribution in [1.29, 1.82) is 0 Å². The fraction of sp³-hybridized carbons (Fsp3) is 0.760. The molecule has 1 atom stereocenters. The molecule has 160 valence electrons. The summed E-state index contributed by atoms with van der Waals surface area (Å²) in [5, 5.41) is 0. The molecule has 0 radical (unpaired) electrons. The van der Waals surface area contributed by atoms with Crippen LogP contribution in [0.5, 0.6) is 0 Å². The van der Waals surface area contributed by atoms with Gasteiger partial charge in [-0.2, -0.15) is 0 Å². The van der Waals surface area contributed by atoms with E-state index >= 15 is 0 Å². The van der Waals surface area contributed by atoms with Crippen LogP contribution in [-0.2, 0) is 0 Å². The zero-order chi connectivity index (χ0) is 20.4. The molecule has 1 aromatic rings. The zero-order valence-corrected chi connectivity index (χ0v) is 17.9. The average molecular weight is 397 g/mol. The average Bonchev–Trinajstić information content (AvgIpc) is 2.70. The minimum absolute atomic E-state index is 0.110. The van der Waals surface area contributed by atoms with Gasteiger partial charge in [-0.1, -0.05) is 89.5 Å². The lowest BCUT2D eigenvalue weighted by molar-refractivity contribution is -0.0807. The second kappa shape index (κ2) is 11.9. The van der Waals surface area contributed by atoms with E-state index in [-0.39, 0.29) is 12.0 Å². The van der Waals surface area contributed by atoms with E-state index in [9.17, 15) is 13.2 Å². The van der Waals surface area contributed by atoms with Gasteiger partial charge in [0.1, 0.15) is 0 Å². The van der Waals surface area contributed by atoms with Crippen LogP contribution in [0.15, 0.2) is 24.3 Å². The molecule has 0 spiro atoms. The van der Waals surface area contributed by atoms with E-state index in [1.807, 2.05) is 12.1 Å². The maximum atomic E-state index is 14.2. The molecule has 1 saturated carbocycles. The third-order valence-electron chi connectivity index (χ3n) is 6.47. The highest BCUT2D eigenvalue weighted by atomic mass is 19.3. The first-order chi connectivity index (χ1) is 13.5. The summed E-state index contributed by atoms with van der Waals surface area (Å²) in [6, 6.07) is 6.91. The first-order valence-electron chi connectivity index (χ1n) is 11.6. The molecule has 28 heavy (non-hydrogen) atoms. The van der Waals surface area contributed by atoms with Crippen molar-refractivity contribution in [3.05, 3.63) is 35.4 Å². The second-order valence-electron chi connectivity index (χ2n) is 8.81. The van der Waals surface area contributed by atoms with Crippen LogP contribution >= 0.6 is 0 Å². The van der Waals surface area contributed by atoms with Gasteiger partial charge in [-0.15, -0.1) is 0 Å². The topological polar surface area (TPSA) is 0 Å². The largest absolute Gasteiger partial charge is 0.282 e. The van der Waals surface area contributed by atoms with E-state index in [1.54, 1.807) is 19.1 Å². The molecule has 0 bridgehead atoms. The third-order valence-corrected chi connectivity index (χ3v) is 6.47. The van der Waals surface area contributed by atoms with E-state index < -0.39 is 18.5 Å². The quantitative estimate of drug-likeness (QED) is 0.309. The lowest BCUT2D eigenvalue weighted by Crippen LogP contribution is -2.23. The van der Waals surface area contributed by atoms with Crippen molar-refractivity contribution < 1.29 is 13.2 Å². The number of unbranched alkanes of at least 4 members (excludes halogenated alkanes) is 5. The van der Waals surface area contributed by atoms with Crippen LogP contribution in [0.3, 0.4) is 0 Å². The van der Waals surface area contributed by atoms with Gasteiger partial charge in [0, 0.05) is 6.42 Å². The van der Waals surface area contributed by atoms with E-state index in [4.69, 9.17) is 0 Å². The molecular formula is C25H39F3. The van der Waals surface area contributed by atoms with Crippen molar-refractivity contribution in [1.82, 2.24) is 0 Å². The fourth-order valence-corrected chi connectivity index (χ4v) is 4.64. The smallest absolute Gasteiger partial charge is 0.236 e. The fourth-order valence-electron chi connectivity index (χ4n) is 4.64. The van der Waals surface area contributed by atoms with E-state index in [0.29, 0.717) is 5.92 Å². The zero-order valence-electron chi connectivity index (χ0n) is 17.9. The summed E-state index contributed by atoms with van der Waals surface area (Å²) in [4.78, 5) is 0. The molecule has 0 aromatic heterocycles. The van der Waals surface area contributed by atoms with Gasteiger partial charge < -0.3 is 0 Å². The lowest BCUT2D eigenvalue weighted by Gasteiger charge is -2.29. The summed E-state index contributed by atoms with van der Waals surface area (Å²) in [6.07, 6.45) is 12.1. The van der Waals surface area contributed by atoms with Gasteiger partial charge in [-0.25, -0.2) is 13.2 Å². The predicted molar refractivity (Wildman–Crippen MR) is 113 cm³/mol. The first-order valence-corrected chi connectivity index (χ1v) is 11.6. The van der Waals surface area contributed by atoms with Gasteiger partial charge >= 0.3 is 0 Å². The predicted octanol–water partition coefficient (Wildman–Crippen LogP) is 9.16. The summed E-state index contributed by atoms with van der Waals surface area (Å²) in [5.74, 6) is -1.92. The normalized spacial score (nSPS) is 21.6. The molecule has 0 amide bonds. The van der Waals surface area contributed by atoms with Gasteiger partial charge in [0.05, 0.1) is 0 Å². The maximum Gasteiger partial charge on any atom is 0.282 e. The van der Waals surface area contributed by atoms with E-state index in [0.717, 1.165) is 5.92 Å². The Balaban J connectivity index is 1.75. The highest BCUT2D eigenvalue weighted by Gasteiger charge is 2.40. The van der Waals surface area contributed by atoms with Crippen LogP contribution in [0, 0.1) is 5.92 Å². The molecule has 0 heterocycles. The molecule has 1 aliphatic rings. The highest BCUT2D eigenvalue weighted by molar-refractivity contribution is 5.28. The Morgan fingerprint density at radius 1 is 0.857 bits per heavy atom. The summed E-state index contributed by atoms with van der Waals surface area (Å²) in [6.45, 7) is 3.91. The first kappa shape index (κ1) is 23.3. The number of hydrogen-bond acceptors (Lipinski definition) is 0. The van der Waals surface area contributed by atoms with Crippen LogP contribution in [0.1, 0.15) is 121 Å². The van der Waals surface area contributed by atoms with Gasteiger partial charge in [0.2, 0.25) is 0 Å². The Morgan fingerprint density at radius 3 is 2.07 bits per heavy atom. The number of benzene rings is 1. The van der Waals surface area contributed by atoms with Crippen LogP contribution < -0.4 is 0 Å². The number of hydrogen-bond donors (Lipinski definition) is 0. The lowest BCUT2D eigenvalue weighted by atomic mass is 9.77. The molecule has 1 unspecified atom stereocenters. The Kier molecular flexibility index (Phi) is 9.88. The van der Waals surface area contributed by atoms with Crippen LogP contribution in [0.4, 0.5) is 13.2 Å². The molecule has 1 aliphatic carbocycles.